The standard InChI is InChI=1S/C17H27N5O/c23-17(19-9-8-15-5-2-1-3-6-15)12-21-10-4-7-16(21)11-22-14-18-13-20-22/h5,13-14,16H,1-4,6-12H2,(H,19,23)/t16-/m1/s1. The number of amides is 1. The normalized spacial score (nSPS) is 22.1. The topological polar surface area (TPSA) is 63.1 Å². The van der Waals surface area contributed by atoms with Gasteiger partial charge in [-0.05, 0) is 51.5 Å². The zero-order chi connectivity index (χ0) is 15.9. The molecule has 1 N–H and O–H groups in total. The van der Waals surface area contributed by atoms with Gasteiger partial charge in [-0.25, -0.2) is 4.98 Å². The van der Waals surface area contributed by atoms with E-state index in [4.69, 9.17) is 0 Å². The summed E-state index contributed by atoms with van der Waals surface area (Å²) >= 11 is 0. The molecule has 2 heterocycles. The fourth-order valence-electron chi connectivity index (χ4n) is 3.59. The van der Waals surface area contributed by atoms with Crippen LogP contribution in [0.15, 0.2) is 24.3 Å². The van der Waals surface area contributed by atoms with Gasteiger partial charge in [0.05, 0.1) is 13.1 Å². The number of aromatic nitrogens is 3. The number of hydrogen-bond donors (Lipinski definition) is 1. The summed E-state index contributed by atoms with van der Waals surface area (Å²) in [5.74, 6) is 0.145. The van der Waals surface area contributed by atoms with Crippen LogP contribution in [-0.2, 0) is 11.3 Å². The van der Waals surface area contributed by atoms with Crippen molar-refractivity contribution < 1.29 is 4.79 Å². The molecule has 1 aliphatic heterocycles. The van der Waals surface area contributed by atoms with E-state index in [-0.39, 0.29) is 5.91 Å². The number of nitrogens with one attached hydrogen (secondary N) is 1. The first-order valence-electron chi connectivity index (χ1n) is 8.82. The molecular weight excluding hydrogens is 290 g/mol. The van der Waals surface area contributed by atoms with Gasteiger partial charge in [-0.15, -0.1) is 0 Å². The van der Waals surface area contributed by atoms with Crippen molar-refractivity contribution in [1.29, 1.82) is 0 Å². The fourth-order valence-corrected chi connectivity index (χ4v) is 3.59. The van der Waals surface area contributed by atoms with E-state index in [1.807, 2.05) is 4.68 Å². The van der Waals surface area contributed by atoms with Crippen molar-refractivity contribution in [2.45, 2.75) is 57.5 Å². The van der Waals surface area contributed by atoms with E-state index in [9.17, 15) is 4.79 Å². The molecule has 0 unspecified atom stereocenters. The molecule has 0 saturated carbocycles. The summed E-state index contributed by atoms with van der Waals surface area (Å²) in [4.78, 5) is 18.4. The van der Waals surface area contributed by atoms with Gasteiger partial charge in [-0.1, -0.05) is 11.6 Å². The lowest BCUT2D eigenvalue weighted by atomic mass is 9.97. The number of likely N-dealkylation sites (tertiary alicyclic amines) is 1. The van der Waals surface area contributed by atoms with E-state index in [1.165, 1.54) is 31.3 Å². The molecule has 0 radical (unpaired) electrons. The van der Waals surface area contributed by atoms with Gasteiger partial charge in [0.1, 0.15) is 12.7 Å². The molecular formula is C17H27N5O. The first-order valence-corrected chi connectivity index (χ1v) is 8.82. The summed E-state index contributed by atoms with van der Waals surface area (Å²) in [6.07, 6.45) is 14.0. The maximum absolute atomic E-state index is 12.2. The van der Waals surface area contributed by atoms with Crippen LogP contribution in [0.1, 0.15) is 44.9 Å². The van der Waals surface area contributed by atoms with Crippen molar-refractivity contribution in [1.82, 2.24) is 25.0 Å². The van der Waals surface area contributed by atoms with Crippen LogP contribution in [0.3, 0.4) is 0 Å². The number of nitrogens with zero attached hydrogens (tertiary/aromatic N) is 4. The van der Waals surface area contributed by atoms with Crippen LogP contribution in [0.25, 0.3) is 0 Å². The summed E-state index contributed by atoms with van der Waals surface area (Å²) in [6, 6.07) is 0.392. The monoisotopic (exact) mass is 317 g/mol. The number of carbonyl (C=O) groups is 1. The number of carbonyl (C=O) groups excluding carboxylic acids is 1. The molecule has 1 atom stereocenters. The van der Waals surface area contributed by atoms with Crippen LogP contribution in [-0.4, -0.2) is 51.2 Å². The average Bonchev–Trinajstić information content (AvgIpc) is 3.22. The second kappa shape index (κ2) is 8.24. The SMILES string of the molecule is O=C(CN1CCC[C@@H]1Cn1cncn1)NCCC1=CCCCC1. The molecule has 2 aliphatic rings. The fraction of sp³-hybridized carbons (Fsp3) is 0.706. The van der Waals surface area contributed by atoms with Gasteiger partial charge in [0, 0.05) is 12.6 Å². The van der Waals surface area contributed by atoms with E-state index < -0.39 is 0 Å². The molecule has 1 aliphatic carbocycles. The maximum atomic E-state index is 12.2. The van der Waals surface area contributed by atoms with Crippen LogP contribution < -0.4 is 5.32 Å². The number of rotatable bonds is 7. The van der Waals surface area contributed by atoms with E-state index >= 15 is 0 Å². The Balaban J connectivity index is 1.39. The van der Waals surface area contributed by atoms with Crippen molar-refractivity contribution in [2.24, 2.45) is 0 Å². The van der Waals surface area contributed by atoms with E-state index in [0.29, 0.717) is 12.6 Å². The summed E-state index contributed by atoms with van der Waals surface area (Å²) in [5.41, 5.74) is 1.52. The highest BCUT2D eigenvalue weighted by Crippen LogP contribution is 2.20. The Morgan fingerprint density at radius 1 is 1.35 bits per heavy atom. The summed E-state index contributed by atoms with van der Waals surface area (Å²) < 4.78 is 1.86. The van der Waals surface area contributed by atoms with Gasteiger partial charge >= 0.3 is 0 Å². The van der Waals surface area contributed by atoms with Crippen LogP contribution >= 0.6 is 0 Å². The average molecular weight is 317 g/mol. The zero-order valence-electron chi connectivity index (χ0n) is 13.8. The van der Waals surface area contributed by atoms with Gasteiger partial charge in [0.2, 0.25) is 5.91 Å². The number of hydrogen-bond acceptors (Lipinski definition) is 4. The van der Waals surface area contributed by atoms with E-state index in [0.717, 1.165) is 38.9 Å². The molecule has 6 heteroatoms. The quantitative estimate of drug-likeness (QED) is 0.778. The Labute approximate surface area is 138 Å². The third-order valence-corrected chi connectivity index (χ3v) is 4.86. The van der Waals surface area contributed by atoms with Crippen molar-refractivity contribution in [2.75, 3.05) is 19.6 Å². The highest BCUT2D eigenvalue weighted by Gasteiger charge is 2.26. The Kier molecular flexibility index (Phi) is 5.80. The van der Waals surface area contributed by atoms with E-state index in [1.54, 1.807) is 12.7 Å². The van der Waals surface area contributed by atoms with Gasteiger partial charge in [-0.3, -0.25) is 14.4 Å². The lowest BCUT2D eigenvalue weighted by Crippen LogP contribution is -2.41. The first kappa shape index (κ1) is 16.2. The highest BCUT2D eigenvalue weighted by molar-refractivity contribution is 5.78. The van der Waals surface area contributed by atoms with Crippen LogP contribution in [0, 0.1) is 0 Å². The molecule has 1 fully saturated rings. The Morgan fingerprint density at radius 3 is 3.09 bits per heavy atom. The Morgan fingerprint density at radius 2 is 2.30 bits per heavy atom. The van der Waals surface area contributed by atoms with E-state index in [2.05, 4.69) is 26.4 Å². The molecule has 0 bridgehead atoms. The largest absolute Gasteiger partial charge is 0.355 e. The Bertz CT molecular complexity index is 525. The van der Waals surface area contributed by atoms with Crippen molar-refractivity contribution in [3.63, 3.8) is 0 Å². The number of allylic oxidation sites excluding steroid dienone is 1. The minimum atomic E-state index is 0.145. The van der Waals surface area contributed by atoms with Crippen molar-refractivity contribution in [3.8, 4) is 0 Å². The summed E-state index contributed by atoms with van der Waals surface area (Å²) in [6.45, 7) is 3.09. The third kappa shape index (κ3) is 4.89. The predicted molar refractivity (Wildman–Crippen MR) is 88.8 cm³/mol. The van der Waals surface area contributed by atoms with Crippen LogP contribution in [0.2, 0.25) is 0 Å². The maximum Gasteiger partial charge on any atom is 0.234 e. The Hall–Kier alpha value is -1.69. The lowest BCUT2D eigenvalue weighted by Gasteiger charge is -2.23. The van der Waals surface area contributed by atoms with Crippen molar-refractivity contribution >= 4 is 5.91 Å². The zero-order valence-corrected chi connectivity index (χ0v) is 13.8. The molecule has 0 aromatic carbocycles. The minimum absolute atomic E-state index is 0.145. The van der Waals surface area contributed by atoms with Crippen LogP contribution in [0.5, 0.6) is 0 Å². The third-order valence-electron chi connectivity index (χ3n) is 4.86. The van der Waals surface area contributed by atoms with Gasteiger partial charge < -0.3 is 5.32 Å². The summed E-state index contributed by atoms with van der Waals surface area (Å²) in [7, 11) is 0. The molecule has 1 aromatic rings. The second-order valence-corrected chi connectivity index (χ2v) is 6.59. The van der Waals surface area contributed by atoms with Gasteiger partial charge in [0.15, 0.2) is 0 Å². The van der Waals surface area contributed by atoms with Gasteiger partial charge in [0.25, 0.3) is 0 Å². The molecule has 1 saturated heterocycles. The summed E-state index contributed by atoms with van der Waals surface area (Å²) in [5, 5.41) is 7.25. The molecule has 23 heavy (non-hydrogen) atoms. The predicted octanol–water partition coefficient (Wildman–Crippen LogP) is 1.75. The van der Waals surface area contributed by atoms with Gasteiger partial charge in [-0.2, -0.15) is 5.10 Å². The smallest absolute Gasteiger partial charge is 0.234 e. The second-order valence-electron chi connectivity index (χ2n) is 6.59. The molecule has 1 amide bonds. The minimum Gasteiger partial charge on any atom is -0.355 e. The van der Waals surface area contributed by atoms with Crippen molar-refractivity contribution in [3.05, 3.63) is 24.3 Å². The molecule has 3 rings (SSSR count). The van der Waals surface area contributed by atoms with Crippen LogP contribution in [0.4, 0.5) is 0 Å². The first-order chi connectivity index (χ1) is 11.3. The molecule has 6 nitrogen and oxygen atoms in total. The highest BCUT2D eigenvalue weighted by atomic mass is 16.2. The lowest BCUT2D eigenvalue weighted by molar-refractivity contribution is -0.122. The molecule has 1 aromatic heterocycles. The molecule has 126 valence electrons. The molecule has 0 spiro atoms.